The maximum absolute atomic E-state index is 11.4. The molecule has 2 aromatic rings. The van der Waals surface area contributed by atoms with Crippen molar-refractivity contribution in [1.29, 1.82) is 0 Å². The monoisotopic (exact) mass is 298 g/mol. The van der Waals surface area contributed by atoms with Gasteiger partial charge in [-0.2, -0.15) is 0 Å². The van der Waals surface area contributed by atoms with E-state index in [0.717, 1.165) is 17.7 Å². The summed E-state index contributed by atoms with van der Waals surface area (Å²) in [5.74, 6) is 1.19. The van der Waals surface area contributed by atoms with Crippen LogP contribution in [0.1, 0.15) is 35.3 Å². The van der Waals surface area contributed by atoms with Gasteiger partial charge in [-0.3, -0.25) is 0 Å². The van der Waals surface area contributed by atoms with E-state index in [9.17, 15) is 4.79 Å². The second-order valence-corrected chi connectivity index (χ2v) is 5.68. The zero-order chi connectivity index (χ0) is 15.9. The quantitative estimate of drug-likeness (QED) is 0.748. The lowest BCUT2D eigenvalue weighted by Gasteiger charge is -2.13. The van der Waals surface area contributed by atoms with Crippen molar-refractivity contribution in [3.63, 3.8) is 0 Å². The predicted octanol–water partition coefficient (Wildman–Crippen LogP) is 4.25. The maximum atomic E-state index is 11.4. The summed E-state index contributed by atoms with van der Waals surface area (Å²) < 4.78 is 10.6. The number of methoxy groups -OCH3 is 1. The van der Waals surface area contributed by atoms with Crippen LogP contribution in [0.5, 0.6) is 5.75 Å². The number of carbonyl (C=O) groups is 1. The maximum Gasteiger partial charge on any atom is 0.337 e. The third-order valence-electron chi connectivity index (χ3n) is 3.37. The molecule has 0 aromatic heterocycles. The standard InChI is InChI=1S/C19H22O3/c1-14(2)12-17-6-4-5-7-18(17)22-13-15-8-10-16(11-9-15)19(20)21-3/h4-11,14H,12-13H2,1-3H3. The van der Waals surface area contributed by atoms with E-state index in [1.165, 1.54) is 12.7 Å². The number of ether oxygens (including phenoxy) is 2. The fraction of sp³-hybridized carbons (Fsp3) is 0.316. The van der Waals surface area contributed by atoms with Crippen molar-refractivity contribution in [3.05, 3.63) is 65.2 Å². The molecule has 0 atom stereocenters. The van der Waals surface area contributed by atoms with E-state index in [4.69, 9.17) is 4.74 Å². The summed E-state index contributed by atoms with van der Waals surface area (Å²) in [7, 11) is 1.38. The first-order valence-electron chi connectivity index (χ1n) is 7.48. The number of rotatable bonds is 6. The van der Waals surface area contributed by atoms with Gasteiger partial charge in [-0.15, -0.1) is 0 Å². The minimum absolute atomic E-state index is 0.324. The van der Waals surface area contributed by atoms with Crippen molar-refractivity contribution in [1.82, 2.24) is 0 Å². The van der Waals surface area contributed by atoms with Gasteiger partial charge < -0.3 is 9.47 Å². The highest BCUT2D eigenvalue weighted by Gasteiger charge is 2.07. The largest absolute Gasteiger partial charge is 0.489 e. The second kappa shape index (κ2) is 7.64. The summed E-state index contributed by atoms with van der Waals surface area (Å²) >= 11 is 0. The molecule has 0 saturated heterocycles. The molecule has 0 saturated carbocycles. The lowest BCUT2D eigenvalue weighted by atomic mass is 10.0. The summed E-state index contributed by atoms with van der Waals surface area (Å²) in [5.41, 5.74) is 2.79. The van der Waals surface area contributed by atoms with Crippen molar-refractivity contribution in [3.8, 4) is 5.75 Å². The van der Waals surface area contributed by atoms with Gasteiger partial charge in [-0.05, 0) is 41.7 Å². The fourth-order valence-corrected chi connectivity index (χ4v) is 2.27. The summed E-state index contributed by atoms with van der Waals surface area (Å²) in [4.78, 5) is 11.4. The van der Waals surface area contributed by atoms with Gasteiger partial charge in [0.15, 0.2) is 0 Å². The van der Waals surface area contributed by atoms with Crippen LogP contribution in [-0.4, -0.2) is 13.1 Å². The van der Waals surface area contributed by atoms with Crippen molar-refractivity contribution in [2.24, 2.45) is 5.92 Å². The SMILES string of the molecule is COC(=O)c1ccc(COc2ccccc2CC(C)C)cc1. The molecule has 0 amide bonds. The number of hydrogen-bond acceptors (Lipinski definition) is 3. The molecule has 0 aliphatic rings. The van der Waals surface area contributed by atoms with Crippen LogP contribution in [0.3, 0.4) is 0 Å². The average molecular weight is 298 g/mol. The van der Waals surface area contributed by atoms with Crippen LogP contribution in [0.2, 0.25) is 0 Å². The Hall–Kier alpha value is -2.29. The topological polar surface area (TPSA) is 35.5 Å². The summed E-state index contributed by atoms with van der Waals surface area (Å²) in [5, 5.41) is 0. The van der Waals surface area contributed by atoms with Crippen LogP contribution in [0.15, 0.2) is 48.5 Å². The number of para-hydroxylation sites is 1. The van der Waals surface area contributed by atoms with Crippen LogP contribution in [0, 0.1) is 5.92 Å². The van der Waals surface area contributed by atoms with E-state index in [2.05, 4.69) is 24.7 Å². The third kappa shape index (κ3) is 4.35. The molecule has 0 spiro atoms. The second-order valence-electron chi connectivity index (χ2n) is 5.68. The lowest BCUT2D eigenvalue weighted by Crippen LogP contribution is -2.03. The Morgan fingerprint density at radius 3 is 2.36 bits per heavy atom. The summed E-state index contributed by atoms with van der Waals surface area (Å²) in [6.45, 7) is 4.88. The van der Waals surface area contributed by atoms with Gasteiger partial charge in [0.25, 0.3) is 0 Å². The molecule has 0 bridgehead atoms. The Balaban J connectivity index is 2.02. The van der Waals surface area contributed by atoms with E-state index in [1.807, 2.05) is 30.3 Å². The molecule has 0 aliphatic heterocycles. The first kappa shape index (κ1) is 16.1. The Morgan fingerprint density at radius 2 is 1.73 bits per heavy atom. The molecule has 0 aliphatic carbocycles. The van der Waals surface area contributed by atoms with Gasteiger partial charge in [0.1, 0.15) is 12.4 Å². The molecule has 22 heavy (non-hydrogen) atoms. The van der Waals surface area contributed by atoms with Crippen molar-refractivity contribution in [2.75, 3.05) is 7.11 Å². The Bertz CT molecular complexity index is 615. The summed E-state index contributed by atoms with van der Waals surface area (Å²) in [6, 6.07) is 15.4. The average Bonchev–Trinajstić information content (AvgIpc) is 2.53. The molecule has 0 radical (unpaired) electrons. The molecule has 0 heterocycles. The van der Waals surface area contributed by atoms with E-state index < -0.39 is 0 Å². The number of carbonyl (C=O) groups excluding carboxylic acids is 1. The number of benzene rings is 2. The van der Waals surface area contributed by atoms with E-state index in [-0.39, 0.29) is 5.97 Å². The Kier molecular flexibility index (Phi) is 5.59. The van der Waals surface area contributed by atoms with Gasteiger partial charge >= 0.3 is 5.97 Å². The van der Waals surface area contributed by atoms with E-state index in [0.29, 0.717) is 18.1 Å². The van der Waals surface area contributed by atoms with Gasteiger partial charge in [-0.1, -0.05) is 44.2 Å². The van der Waals surface area contributed by atoms with Gasteiger partial charge in [0.05, 0.1) is 12.7 Å². The van der Waals surface area contributed by atoms with Gasteiger partial charge in [-0.25, -0.2) is 4.79 Å². The van der Waals surface area contributed by atoms with E-state index in [1.54, 1.807) is 12.1 Å². The lowest BCUT2D eigenvalue weighted by molar-refractivity contribution is 0.0600. The fourth-order valence-electron chi connectivity index (χ4n) is 2.27. The zero-order valence-corrected chi connectivity index (χ0v) is 13.3. The highest BCUT2D eigenvalue weighted by Crippen LogP contribution is 2.22. The Labute approximate surface area is 131 Å². The van der Waals surface area contributed by atoms with Crippen LogP contribution in [0.25, 0.3) is 0 Å². The first-order chi connectivity index (χ1) is 10.6. The molecule has 3 heteroatoms. The highest BCUT2D eigenvalue weighted by atomic mass is 16.5. The summed E-state index contributed by atoms with van der Waals surface area (Å²) in [6.07, 6.45) is 0.997. The zero-order valence-electron chi connectivity index (χ0n) is 13.3. The van der Waals surface area contributed by atoms with Crippen LogP contribution < -0.4 is 4.74 Å². The molecule has 2 aromatic carbocycles. The number of esters is 1. The third-order valence-corrected chi connectivity index (χ3v) is 3.37. The van der Waals surface area contributed by atoms with Gasteiger partial charge in [0, 0.05) is 0 Å². The van der Waals surface area contributed by atoms with Crippen LogP contribution in [0.4, 0.5) is 0 Å². The van der Waals surface area contributed by atoms with Crippen molar-refractivity contribution >= 4 is 5.97 Å². The molecule has 0 N–H and O–H groups in total. The minimum atomic E-state index is -0.324. The first-order valence-corrected chi connectivity index (χ1v) is 7.48. The molecule has 0 unspecified atom stereocenters. The molecule has 0 fully saturated rings. The molecule has 3 nitrogen and oxygen atoms in total. The minimum Gasteiger partial charge on any atom is -0.489 e. The Morgan fingerprint density at radius 1 is 1.05 bits per heavy atom. The number of hydrogen-bond donors (Lipinski definition) is 0. The van der Waals surface area contributed by atoms with Crippen molar-refractivity contribution in [2.45, 2.75) is 26.9 Å². The smallest absolute Gasteiger partial charge is 0.337 e. The van der Waals surface area contributed by atoms with Crippen LogP contribution in [-0.2, 0) is 17.8 Å². The molecular weight excluding hydrogens is 276 g/mol. The predicted molar refractivity (Wildman–Crippen MR) is 87.1 cm³/mol. The normalized spacial score (nSPS) is 10.5. The van der Waals surface area contributed by atoms with E-state index >= 15 is 0 Å². The van der Waals surface area contributed by atoms with Gasteiger partial charge in [0.2, 0.25) is 0 Å². The molecule has 116 valence electrons. The molecular formula is C19H22O3. The van der Waals surface area contributed by atoms with Crippen molar-refractivity contribution < 1.29 is 14.3 Å². The molecule has 2 rings (SSSR count). The highest BCUT2D eigenvalue weighted by molar-refractivity contribution is 5.89. The van der Waals surface area contributed by atoms with Crippen LogP contribution >= 0.6 is 0 Å².